The Labute approximate surface area is 125 Å². The van der Waals surface area contributed by atoms with Crippen molar-refractivity contribution in [3.63, 3.8) is 0 Å². The van der Waals surface area contributed by atoms with Gasteiger partial charge in [-0.3, -0.25) is 4.79 Å². The molecular formula is C14H9Cl2N3O. The summed E-state index contributed by atoms with van der Waals surface area (Å²) < 4.78 is 0. The van der Waals surface area contributed by atoms with Crippen molar-refractivity contribution in [3.8, 4) is 6.07 Å². The summed E-state index contributed by atoms with van der Waals surface area (Å²) in [4.78, 5) is 12.1. The Hall–Kier alpha value is -2.22. The van der Waals surface area contributed by atoms with Gasteiger partial charge in [-0.2, -0.15) is 5.26 Å². The van der Waals surface area contributed by atoms with Crippen molar-refractivity contribution >= 4 is 40.5 Å². The summed E-state index contributed by atoms with van der Waals surface area (Å²) in [5.74, 6) is -0.445. The van der Waals surface area contributed by atoms with Crippen molar-refractivity contribution in [1.29, 1.82) is 5.26 Å². The Balaban J connectivity index is 2.33. The number of anilines is 2. The van der Waals surface area contributed by atoms with Gasteiger partial charge in [0.1, 0.15) is 0 Å². The lowest BCUT2D eigenvalue weighted by Gasteiger charge is -2.09. The Kier molecular flexibility index (Phi) is 4.14. The van der Waals surface area contributed by atoms with Crippen LogP contribution in [0.25, 0.3) is 0 Å². The van der Waals surface area contributed by atoms with Gasteiger partial charge in [0.25, 0.3) is 5.91 Å². The van der Waals surface area contributed by atoms with E-state index in [1.807, 2.05) is 6.07 Å². The van der Waals surface area contributed by atoms with E-state index in [1.54, 1.807) is 24.3 Å². The van der Waals surface area contributed by atoms with Gasteiger partial charge in [-0.1, -0.05) is 29.3 Å². The fourth-order valence-electron chi connectivity index (χ4n) is 1.61. The molecule has 0 radical (unpaired) electrons. The number of halogens is 2. The summed E-state index contributed by atoms with van der Waals surface area (Å²) in [5, 5.41) is 12.0. The van der Waals surface area contributed by atoms with Crippen molar-refractivity contribution in [1.82, 2.24) is 0 Å². The molecule has 0 fully saturated rings. The van der Waals surface area contributed by atoms with E-state index < -0.39 is 5.91 Å². The summed E-state index contributed by atoms with van der Waals surface area (Å²) in [6.45, 7) is 0. The van der Waals surface area contributed by atoms with Gasteiger partial charge in [0.05, 0.1) is 38.6 Å². The third-order valence-corrected chi connectivity index (χ3v) is 3.37. The lowest BCUT2D eigenvalue weighted by Crippen LogP contribution is -2.13. The van der Waals surface area contributed by atoms with Gasteiger partial charge in [0, 0.05) is 0 Å². The van der Waals surface area contributed by atoms with Crippen LogP contribution < -0.4 is 11.1 Å². The number of hydrogen-bond acceptors (Lipinski definition) is 3. The Bertz CT molecular complexity index is 723. The third-order valence-electron chi connectivity index (χ3n) is 2.62. The quantitative estimate of drug-likeness (QED) is 0.830. The second-order valence-corrected chi connectivity index (χ2v) is 4.75. The zero-order valence-electron chi connectivity index (χ0n) is 10.2. The first-order chi connectivity index (χ1) is 9.52. The zero-order chi connectivity index (χ0) is 14.7. The minimum atomic E-state index is -0.445. The van der Waals surface area contributed by atoms with Gasteiger partial charge in [0.15, 0.2) is 0 Å². The fraction of sp³-hybridized carbons (Fsp3) is 0. The Morgan fingerprint density at radius 2 is 2.00 bits per heavy atom. The molecule has 0 saturated heterocycles. The molecule has 0 aliphatic heterocycles. The van der Waals surface area contributed by atoms with Gasteiger partial charge >= 0.3 is 0 Å². The molecule has 0 heterocycles. The smallest absolute Gasteiger partial charge is 0.257 e. The van der Waals surface area contributed by atoms with E-state index in [-0.39, 0.29) is 10.6 Å². The van der Waals surface area contributed by atoms with Crippen LogP contribution in [0.4, 0.5) is 11.4 Å². The molecule has 0 aromatic heterocycles. The van der Waals surface area contributed by atoms with E-state index >= 15 is 0 Å². The first kappa shape index (κ1) is 14.2. The molecule has 0 aliphatic carbocycles. The highest BCUT2D eigenvalue weighted by Crippen LogP contribution is 2.27. The highest BCUT2D eigenvalue weighted by atomic mass is 35.5. The van der Waals surface area contributed by atoms with Crippen molar-refractivity contribution < 1.29 is 4.79 Å². The predicted molar refractivity (Wildman–Crippen MR) is 80.0 cm³/mol. The largest absolute Gasteiger partial charge is 0.398 e. The van der Waals surface area contributed by atoms with Gasteiger partial charge in [-0.15, -0.1) is 0 Å². The topological polar surface area (TPSA) is 78.9 Å². The minimum absolute atomic E-state index is 0.178. The van der Waals surface area contributed by atoms with Crippen LogP contribution in [0.5, 0.6) is 0 Å². The van der Waals surface area contributed by atoms with E-state index in [0.29, 0.717) is 22.0 Å². The van der Waals surface area contributed by atoms with Crippen LogP contribution in [-0.4, -0.2) is 5.91 Å². The lowest BCUT2D eigenvalue weighted by molar-refractivity contribution is 0.102. The van der Waals surface area contributed by atoms with Crippen LogP contribution in [0.15, 0.2) is 36.4 Å². The standard InChI is InChI=1S/C14H9Cl2N3O/c15-10-5-4-8(7-17)6-12(10)19-14(20)9-2-1-3-11(18)13(9)16/h1-6H,18H2,(H,19,20). The molecule has 100 valence electrons. The number of nitriles is 1. The number of benzene rings is 2. The summed E-state index contributed by atoms with van der Waals surface area (Å²) in [6, 6.07) is 11.3. The molecule has 0 spiro atoms. The van der Waals surface area contributed by atoms with E-state index in [1.165, 1.54) is 12.1 Å². The summed E-state index contributed by atoms with van der Waals surface area (Å²) >= 11 is 12.0. The molecule has 0 unspecified atom stereocenters. The van der Waals surface area contributed by atoms with Crippen LogP contribution >= 0.6 is 23.2 Å². The first-order valence-corrected chi connectivity index (χ1v) is 6.33. The van der Waals surface area contributed by atoms with Crippen LogP contribution in [0.2, 0.25) is 10.0 Å². The SMILES string of the molecule is N#Cc1ccc(Cl)c(NC(=O)c2cccc(N)c2Cl)c1. The molecule has 3 N–H and O–H groups in total. The maximum atomic E-state index is 12.1. The molecule has 0 aliphatic rings. The summed E-state index contributed by atoms with van der Waals surface area (Å²) in [6.07, 6.45) is 0. The number of carbonyl (C=O) groups is 1. The normalized spacial score (nSPS) is 9.85. The zero-order valence-corrected chi connectivity index (χ0v) is 11.7. The molecule has 20 heavy (non-hydrogen) atoms. The number of nitrogens with zero attached hydrogens (tertiary/aromatic N) is 1. The first-order valence-electron chi connectivity index (χ1n) is 5.58. The number of nitrogens with one attached hydrogen (secondary N) is 1. The number of hydrogen-bond donors (Lipinski definition) is 2. The van der Waals surface area contributed by atoms with Crippen LogP contribution in [0.1, 0.15) is 15.9 Å². The minimum Gasteiger partial charge on any atom is -0.398 e. The predicted octanol–water partition coefficient (Wildman–Crippen LogP) is 3.70. The summed E-state index contributed by atoms with van der Waals surface area (Å²) in [5.41, 5.74) is 6.94. The summed E-state index contributed by atoms with van der Waals surface area (Å²) in [7, 11) is 0. The average molecular weight is 306 g/mol. The van der Waals surface area contributed by atoms with E-state index in [4.69, 9.17) is 34.2 Å². The maximum Gasteiger partial charge on any atom is 0.257 e. The molecule has 2 aromatic rings. The third kappa shape index (κ3) is 2.85. The van der Waals surface area contributed by atoms with Crippen molar-refractivity contribution in [2.24, 2.45) is 0 Å². The number of nitrogen functional groups attached to an aromatic ring is 1. The Morgan fingerprint density at radius 3 is 2.70 bits per heavy atom. The molecule has 0 atom stereocenters. The lowest BCUT2D eigenvalue weighted by atomic mass is 10.1. The Morgan fingerprint density at radius 1 is 1.25 bits per heavy atom. The van der Waals surface area contributed by atoms with Gasteiger partial charge in [0.2, 0.25) is 0 Å². The van der Waals surface area contributed by atoms with E-state index in [2.05, 4.69) is 5.32 Å². The van der Waals surface area contributed by atoms with Gasteiger partial charge < -0.3 is 11.1 Å². The molecule has 1 amide bonds. The molecule has 2 aromatic carbocycles. The highest BCUT2D eigenvalue weighted by Gasteiger charge is 2.14. The molecule has 4 nitrogen and oxygen atoms in total. The van der Waals surface area contributed by atoms with E-state index in [0.717, 1.165) is 0 Å². The van der Waals surface area contributed by atoms with Crippen molar-refractivity contribution in [3.05, 3.63) is 57.6 Å². The molecule has 0 saturated carbocycles. The number of nitrogens with two attached hydrogens (primary N) is 1. The molecule has 2 rings (SSSR count). The molecule has 6 heteroatoms. The van der Waals surface area contributed by atoms with Crippen LogP contribution in [0.3, 0.4) is 0 Å². The number of amides is 1. The number of rotatable bonds is 2. The highest BCUT2D eigenvalue weighted by molar-refractivity contribution is 6.37. The van der Waals surface area contributed by atoms with Gasteiger partial charge in [-0.05, 0) is 30.3 Å². The van der Waals surface area contributed by atoms with Gasteiger partial charge in [-0.25, -0.2) is 0 Å². The van der Waals surface area contributed by atoms with Crippen LogP contribution in [0, 0.1) is 11.3 Å². The number of carbonyl (C=O) groups excluding carboxylic acids is 1. The van der Waals surface area contributed by atoms with Crippen LogP contribution in [-0.2, 0) is 0 Å². The average Bonchev–Trinajstić information content (AvgIpc) is 2.44. The molecule has 0 bridgehead atoms. The van der Waals surface area contributed by atoms with Crippen molar-refractivity contribution in [2.75, 3.05) is 11.1 Å². The second kappa shape index (κ2) is 5.83. The monoisotopic (exact) mass is 305 g/mol. The molecular weight excluding hydrogens is 297 g/mol. The maximum absolute atomic E-state index is 12.1. The fourth-order valence-corrected chi connectivity index (χ4v) is 1.98. The second-order valence-electron chi connectivity index (χ2n) is 3.97. The van der Waals surface area contributed by atoms with Crippen molar-refractivity contribution in [2.45, 2.75) is 0 Å². The van der Waals surface area contributed by atoms with E-state index in [9.17, 15) is 4.79 Å².